The normalized spacial score (nSPS) is 30.2. The van der Waals surface area contributed by atoms with Crippen LogP contribution in [0.15, 0.2) is 0 Å². The highest BCUT2D eigenvalue weighted by Gasteiger charge is 2.31. The summed E-state index contributed by atoms with van der Waals surface area (Å²) in [5, 5.41) is 8.32. The van der Waals surface area contributed by atoms with Gasteiger partial charge in [0.1, 0.15) is 6.04 Å². The molecule has 2 N–H and O–H groups in total. The van der Waals surface area contributed by atoms with Gasteiger partial charge in [-0.25, -0.2) is 13.1 Å². The van der Waals surface area contributed by atoms with E-state index in [0.29, 0.717) is 0 Å². The van der Waals surface area contributed by atoms with E-state index in [9.17, 15) is 13.2 Å². The third-order valence-electron chi connectivity index (χ3n) is 1.30. The molecular formula is C4H7NO4S. The largest absolute Gasteiger partial charge is 0.480 e. The number of hydrogen-bond donors (Lipinski definition) is 2. The molecule has 0 bridgehead atoms. The summed E-state index contributed by atoms with van der Waals surface area (Å²) < 4.78 is 23.1. The highest BCUT2D eigenvalue weighted by Crippen LogP contribution is 2.06. The van der Waals surface area contributed by atoms with Crippen LogP contribution in [0.5, 0.6) is 0 Å². The van der Waals surface area contributed by atoms with Crippen molar-refractivity contribution < 1.29 is 18.3 Å². The molecule has 0 spiro atoms. The molecule has 10 heavy (non-hydrogen) atoms. The minimum Gasteiger partial charge on any atom is -0.480 e. The maximum absolute atomic E-state index is 10.6. The van der Waals surface area contributed by atoms with Crippen molar-refractivity contribution in [3.05, 3.63) is 0 Å². The molecule has 5 nitrogen and oxygen atoms in total. The van der Waals surface area contributed by atoms with Crippen LogP contribution in [0.25, 0.3) is 0 Å². The van der Waals surface area contributed by atoms with Crippen molar-refractivity contribution in [2.75, 3.05) is 5.75 Å². The van der Waals surface area contributed by atoms with Crippen molar-refractivity contribution in [3.63, 3.8) is 0 Å². The van der Waals surface area contributed by atoms with Gasteiger partial charge in [-0.05, 0) is 6.42 Å². The molecule has 0 aromatic carbocycles. The molecule has 0 aromatic heterocycles. The van der Waals surface area contributed by atoms with Crippen LogP contribution in [0.3, 0.4) is 0 Å². The van der Waals surface area contributed by atoms with Gasteiger partial charge < -0.3 is 5.11 Å². The van der Waals surface area contributed by atoms with Crippen molar-refractivity contribution in [1.82, 2.24) is 4.72 Å². The van der Waals surface area contributed by atoms with Crippen LogP contribution >= 0.6 is 0 Å². The van der Waals surface area contributed by atoms with Crippen molar-refractivity contribution in [2.24, 2.45) is 0 Å². The highest BCUT2D eigenvalue weighted by atomic mass is 32.2. The van der Waals surface area contributed by atoms with E-state index in [1.54, 1.807) is 0 Å². The Hall–Kier alpha value is -0.620. The first-order valence-electron chi connectivity index (χ1n) is 2.74. The van der Waals surface area contributed by atoms with Gasteiger partial charge in [0, 0.05) is 0 Å². The lowest BCUT2D eigenvalue weighted by molar-refractivity contribution is -0.138. The molecule has 1 fully saturated rings. The second-order valence-electron chi connectivity index (χ2n) is 2.12. The number of carboxylic acid groups (broad SMARTS) is 1. The van der Waals surface area contributed by atoms with E-state index < -0.39 is 22.0 Å². The van der Waals surface area contributed by atoms with Crippen LogP contribution < -0.4 is 4.72 Å². The number of nitrogens with one attached hydrogen (secondary N) is 1. The van der Waals surface area contributed by atoms with Crippen LogP contribution in [-0.2, 0) is 14.8 Å². The average Bonchev–Trinajstić information content (AvgIpc) is 2.10. The van der Waals surface area contributed by atoms with E-state index in [4.69, 9.17) is 5.11 Å². The highest BCUT2D eigenvalue weighted by molar-refractivity contribution is 7.89. The predicted molar refractivity (Wildman–Crippen MR) is 33.0 cm³/mol. The SMILES string of the molecule is O=C(O)[C@H]1CCS(=O)(=O)N1. The predicted octanol–water partition coefficient (Wildman–Crippen LogP) is -1.24. The van der Waals surface area contributed by atoms with Crippen LogP contribution in [0, 0.1) is 0 Å². The maximum Gasteiger partial charge on any atom is 0.321 e. The summed E-state index contributed by atoms with van der Waals surface area (Å²) in [6.45, 7) is 0. The topological polar surface area (TPSA) is 83.5 Å². The fourth-order valence-electron chi connectivity index (χ4n) is 0.781. The fraction of sp³-hybridized carbons (Fsp3) is 0.750. The zero-order valence-corrected chi connectivity index (χ0v) is 5.89. The molecule has 1 rings (SSSR count). The van der Waals surface area contributed by atoms with Crippen LogP contribution in [-0.4, -0.2) is 31.3 Å². The monoisotopic (exact) mass is 165 g/mol. The molecule has 58 valence electrons. The Morgan fingerprint density at radius 1 is 1.60 bits per heavy atom. The van der Waals surface area contributed by atoms with Gasteiger partial charge in [-0.1, -0.05) is 0 Å². The minimum absolute atomic E-state index is 0.0794. The average molecular weight is 165 g/mol. The van der Waals surface area contributed by atoms with Gasteiger partial charge in [0.25, 0.3) is 0 Å². The summed E-state index contributed by atoms with van der Waals surface area (Å²) in [7, 11) is -3.27. The molecule has 1 aliphatic heterocycles. The molecule has 1 saturated heterocycles. The van der Waals surface area contributed by atoms with Crippen molar-refractivity contribution in [1.29, 1.82) is 0 Å². The molecule has 0 radical (unpaired) electrons. The standard InChI is InChI=1S/C4H7NO4S/c6-4(7)3-1-2-10(8,9)5-3/h3,5H,1-2H2,(H,6,7)/t3-/m1/s1. The number of rotatable bonds is 1. The lowest BCUT2D eigenvalue weighted by atomic mass is 10.2. The zero-order chi connectivity index (χ0) is 7.78. The van der Waals surface area contributed by atoms with Crippen LogP contribution in [0.1, 0.15) is 6.42 Å². The van der Waals surface area contributed by atoms with Crippen LogP contribution in [0.2, 0.25) is 0 Å². The molecule has 0 saturated carbocycles. The van der Waals surface area contributed by atoms with Gasteiger partial charge in [0.05, 0.1) is 5.75 Å². The van der Waals surface area contributed by atoms with Gasteiger partial charge in [-0.2, -0.15) is 0 Å². The Labute approximate surface area is 58.1 Å². The summed E-state index contributed by atoms with van der Waals surface area (Å²) in [6, 6.07) is -0.912. The Bertz CT molecular complexity index is 244. The van der Waals surface area contributed by atoms with Crippen molar-refractivity contribution in [3.8, 4) is 0 Å². The molecule has 0 aliphatic carbocycles. The summed E-state index contributed by atoms with van der Waals surface area (Å²) >= 11 is 0. The van der Waals surface area contributed by atoms with Crippen molar-refractivity contribution >= 4 is 16.0 Å². The van der Waals surface area contributed by atoms with E-state index in [1.165, 1.54) is 0 Å². The third kappa shape index (κ3) is 1.45. The van der Waals surface area contributed by atoms with Gasteiger partial charge >= 0.3 is 5.97 Å². The van der Waals surface area contributed by atoms with Gasteiger partial charge in [-0.3, -0.25) is 4.79 Å². The molecule has 0 amide bonds. The first-order chi connectivity index (χ1) is 4.51. The third-order valence-corrected chi connectivity index (χ3v) is 2.71. The van der Waals surface area contributed by atoms with E-state index in [1.807, 2.05) is 4.72 Å². The number of hydrogen-bond acceptors (Lipinski definition) is 3. The quantitative estimate of drug-likeness (QED) is 0.509. The lowest BCUT2D eigenvalue weighted by Gasteiger charge is -1.98. The number of carboxylic acids is 1. The van der Waals surface area contributed by atoms with Crippen LogP contribution in [0.4, 0.5) is 0 Å². The maximum atomic E-state index is 10.6. The molecule has 0 aromatic rings. The summed E-state index contributed by atoms with van der Waals surface area (Å²) in [5.74, 6) is -1.19. The lowest BCUT2D eigenvalue weighted by Crippen LogP contribution is -2.32. The molecule has 1 aliphatic rings. The molecular weight excluding hydrogens is 158 g/mol. The smallest absolute Gasteiger partial charge is 0.321 e. The summed E-state index contributed by atoms with van der Waals surface area (Å²) in [6.07, 6.45) is 0.164. The Morgan fingerprint density at radius 3 is 2.40 bits per heavy atom. The first-order valence-corrected chi connectivity index (χ1v) is 4.39. The second kappa shape index (κ2) is 2.21. The minimum atomic E-state index is -3.27. The van der Waals surface area contributed by atoms with E-state index in [0.717, 1.165) is 0 Å². The molecule has 1 heterocycles. The Morgan fingerprint density at radius 2 is 2.20 bits per heavy atom. The number of carbonyl (C=O) groups is 1. The van der Waals surface area contributed by atoms with Crippen molar-refractivity contribution in [2.45, 2.75) is 12.5 Å². The van der Waals surface area contributed by atoms with Gasteiger partial charge in [0.2, 0.25) is 10.0 Å². The zero-order valence-electron chi connectivity index (χ0n) is 5.07. The van der Waals surface area contributed by atoms with E-state index >= 15 is 0 Å². The number of sulfonamides is 1. The van der Waals surface area contributed by atoms with E-state index in [2.05, 4.69) is 0 Å². The van der Waals surface area contributed by atoms with Gasteiger partial charge in [-0.15, -0.1) is 0 Å². The summed E-state index contributed by atoms with van der Waals surface area (Å²) in [4.78, 5) is 10.2. The van der Waals surface area contributed by atoms with Gasteiger partial charge in [0.15, 0.2) is 0 Å². The first kappa shape index (κ1) is 7.49. The molecule has 1 atom stereocenters. The Balaban J connectivity index is 2.69. The molecule has 6 heteroatoms. The summed E-state index contributed by atoms with van der Waals surface area (Å²) in [5.41, 5.74) is 0. The van der Waals surface area contributed by atoms with E-state index in [-0.39, 0.29) is 12.2 Å². The fourth-order valence-corrected chi connectivity index (χ4v) is 2.10. The molecule has 0 unspecified atom stereocenters. The second-order valence-corrected chi connectivity index (χ2v) is 3.99. The Kier molecular flexibility index (Phi) is 1.65. The number of aliphatic carboxylic acids is 1.